The number of carbonyl (C=O) groups is 2. The first-order valence-electron chi connectivity index (χ1n) is 12.5. The Morgan fingerprint density at radius 3 is 2.30 bits per heavy atom. The minimum atomic E-state index is -0.322. The summed E-state index contributed by atoms with van der Waals surface area (Å²) in [6.07, 6.45) is 17.2. The van der Waals surface area contributed by atoms with Crippen molar-refractivity contribution in [2.45, 2.75) is 134 Å². The molecule has 4 nitrogen and oxygen atoms in total. The van der Waals surface area contributed by atoms with Gasteiger partial charge < -0.3 is 10.1 Å². The summed E-state index contributed by atoms with van der Waals surface area (Å²) in [6, 6.07) is 0. The first kappa shape index (κ1) is 27.3. The molecule has 1 saturated carbocycles. The monoisotopic (exact) mass is 441 g/mol. The number of hydrogen-bond acceptors (Lipinski definition) is 4. The second-order valence-electron chi connectivity index (χ2n) is 9.80. The summed E-state index contributed by atoms with van der Waals surface area (Å²) in [5.74, 6) is 0.720. The Bertz CT molecular complexity index is 483. The second kappa shape index (κ2) is 16.0. The molecule has 3 unspecified atom stereocenters. The van der Waals surface area contributed by atoms with Gasteiger partial charge in [-0.1, -0.05) is 65.2 Å². The van der Waals surface area contributed by atoms with Crippen LogP contribution in [0, 0.1) is 5.92 Å². The summed E-state index contributed by atoms with van der Waals surface area (Å²) in [5, 5.41) is 2.96. The number of rotatable bonds is 8. The highest BCUT2D eigenvalue weighted by atomic mass is 32.1. The SMILES string of the molecule is CC(S)CC(=O)NCCCCC(=O)OC1(C)CCCCCCCCCC(C)CCC1. The highest BCUT2D eigenvalue weighted by Crippen LogP contribution is 2.29. The van der Waals surface area contributed by atoms with Gasteiger partial charge in [0.05, 0.1) is 0 Å². The van der Waals surface area contributed by atoms with E-state index in [2.05, 4.69) is 31.8 Å². The maximum atomic E-state index is 12.5. The zero-order valence-corrected chi connectivity index (χ0v) is 20.7. The zero-order valence-electron chi connectivity index (χ0n) is 19.8. The molecule has 0 aromatic heterocycles. The quantitative estimate of drug-likeness (QED) is 0.253. The number of unbranched alkanes of at least 4 members (excludes halogenated alkanes) is 1. The van der Waals surface area contributed by atoms with E-state index in [1.54, 1.807) is 0 Å². The van der Waals surface area contributed by atoms with Gasteiger partial charge in [-0.25, -0.2) is 0 Å². The highest BCUT2D eigenvalue weighted by Gasteiger charge is 2.28. The molecule has 5 heteroatoms. The molecule has 1 rings (SSSR count). The fraction of sp³-hybridized carbons (Fsp3) is 0.920. The Morgan fingerprint density at radius 1 is 1.00 bits per heavy atom. The zero-order chi connectivity index (χ0) is 22.2. The van der Waals surface area contributed by atoms with Gasteiger partial charge in [-0.2, -0.15) is 12.6 Å². The van der Waals surface area contributed by atoms with Gasteiger partial charge in [0.25, 0.3) is 0 Å². The van der Waals surface area contributed by atoms with Crippen LogP contribution in [0.2, 0.25) is 0 Å². The minimum Gasteiger partial charge on any atom is -0.459 e. The van der Waals surface area contributed by atoms with E-state index in [0.29, 0.717) is 19.4 Å². The van der Waals surface area contributed by atoms with Crippen molar-refractivity contribution < 1.29 is 14.3 Å². The Hall–Kier alpha value is -0.710. The van der Waals surface area contributed by atoms with Crippen LogP contribution in [-0.4, -0.2) is 29.3 Å². The number of nitrogens with one attached hydrogen (secondary N) is 1. The minimum absolute atomic E-state index is 0.0292. The number of amides is 1. The number of carbonyl (C=O) groups excluding carboxylic acids is 2. The lowest BCUT2D eigenvalue weighted by Crippen LogP contribution is -2.32. The largest absolute Gasteiger partial charge is 0.459 e. The molecule has 0 aromatic carbocycles. The summed E-state index contributed by atoms with van der Waals surface area (Å²) in [6.45, 7) is 7.03. The average Bonchev–Trinajstić information content (AvgIpc) is 2.65. The van der Waals surface area contributed by atoms with Gasteiger partial charge >= 0.3 is 5.97 Å². The van der Waals surface area contributed by atoms with E-state index in [-0.39, 0.29) is 22.7 Å². The maximum Gasteiger partial charge on any atom is 0.306 e. The molecule has 1 amide bonds. The number of ether oxygens (including phenoxy) is 1. The predicted octanol–water partition coefficient (Wildman–Crippen LogP) is 6.61. The number of esters is 1. The Balaban J connectivity index is 2.36. The lowest BCUT2D eigenvalue weighted by Gasteiger charge is -2.30. The van der Waals surface area contributed by atoms with Gasteiger partial charge in [0.1, 0.15) is 5.60 Å². The summed E-state index contributed by atoms with van der Waals surface area (Å²) < 4.78 is 6.02. The molecule has 1 aliphatic rings. The van der Waals surface area contributed by atoms with Crippen molar-refractivity contribution in [3.8, 4) is 0 Å². The van der Waals surface area contributed by atoms with Crippen molar-refractivity contribution >= 4 is 24.5 Å². The third-order valence-electron chi connectivity index (χ3n) is 6.28. The van der Waals surface area contributed by atoms with Crippen LogP contribution in [0.5, 0.6) is 0 Å². The summed E-state index contributed by atoms with van der Waals surface area (Å²) >= 11 is 4.23. The molecule has 0 radical (unpaired) electrons. The van der Waals surface area contributed by atoms with Gasteiger partial charge in [0.15, 0.2) is 0 Å². The van der Waals surface area contributed by atoms with E-state index in [4.69, 9.17) is 4.74 Å². The van der Waals surface area contributed by atoms with Gasteiger partial charge in [-0.05, 0) is 51.4 Å². The molecule has 0 aliphatic heterocycles. The lowest BCUT2D eigenvalue weighted by atomic mass is 9.88. The smallest absolute Gasteiger partial charge is 0.306 e. The average molecular weight is 442 g/mol. The van der Waals surface area contributed by atoms with E-state index < -0.39 is 0 Å². The highest BCUT2D eigenvalue weighted by molar-refractivity contribution is 7.80. The van der Waals surface area contributed by atoms with E-state index in [1.807, 2.05) is 6.92 Å². The molecule has 0 aromatic rings. The van der Waals surface area contributed by atoms with Crippen molar-refractivity contribution in [1.82, 2.24) is 5.32 Å². The number of hydrogen-bond donors (Lipinski definition) is 2. The molecule has 1 fully saturated rings. The van der Waals surface area contributed by atoms with Gasteiger partial charge in [0, 0.05) is 24.6 Å². The summed E-state index contributed by atoms with van der Waals surface area (Å²) in [4.78, 5) is 24.1. The molecule has 0 heterocycles. The van der Waals surface area contributed by atoms with Crippen LogP contribution >= 0.6 is 12.6 Å². The van der Waals surface area contributed by atoms with Crippen LogP contribution in [0.1, 0.15) is 124 Å². The number of thiol groups is 1. The van der Waals surface area contributed by atoms with Gasteiger partial charge in [-0.3, -0.25) is 9.59 Å². The third-order valence-corrected chi connectivity index (χ3v) is 6.46. The summed E-state index contributed by atoms with van der Waals surface area (Å²) in [7, 11) is 0. The van der Waals surface area contributed by atoms with Crippen molar-refractivity contribution in [1.29, 1.82) is 0 Å². The maximum absolute atomic E-state index is 12.5. The first-order valence-corrected chi connectivity index (χ1v) is 13.0. The van der Waals surface area contributed by atoms with Crippen LogP contribution in [0.25, 0.3) is 0 Å². The lowest BCUT2D eigenvalue weighted by molar-refractivity contribution is -0.160. The van der Waals surface area contributed by atoms with Crippen molar-refractivity contribution in [3.05, 3.63) is 0 Å². The van der Waals surface area contributed by atoms with Crippen molar-refractivity contribution in [2.75, 3.05) is 6.54 Å². The second-order valence-corrected chi connectivity index (χ2v) is 10.7. The molecule has 1 aliphatic carbocycles. The van der Waals surface area contributed by atoms with E-state index in [1.165, 1.54) is 51.4 Å². The molecule has 0 bridgehead atoms. The topological polar surface area (TPSA) is 55.4 Å². The molecular weight excluding hydrogens is 394 g/mol. The van der Waals surface area contributed by atoms with Crippen LogP contribution in [0.4, 0.5) is 0 Å². The molecule has 176 valence electrons. The van der Waals surface area contributed by atoms with Crippen LogP contribution in [0.15, 0.2) is 0 Å². The van der Waals surface area contributed by atoms with Crippen LogP contribution < -0.4 is 5.32 Å². The van der Waals surface area contributed by atoms with E-state index >= 15 is 0 Å². The molecular formula is C25H47NO3S. The van der Waals surface area contributed by atoms with Gasteiger partial charge in [-0.15, -0.1) is 0 Å². The fourth-order valence-electron chi connectivity index (χ4n) is 4.36. The van der Waals surface area contributed by atoms with E-state index in [9.17, 15) is 9.59 Å². The Labute approximate surface area is 191 Å². The molecule has 3 atom stereocenters. The molecule has 1 N–H and O–H groups in total. The summed E-state index contributed by atoms with van der Waals surface area (Å²) in [5.41, 5.74) is -0.322. The normalized spacial score (nSPS) is 25.7. The van der Waals surface area contributed by atoms with Gasteiger partial charge in [0.2, 0.25) is 5.91 Å². The molecule has 0 saturated heterocycles. The van der Waals surface area contributed by atoms with Crippen LogP contribution in [0.3, 0.4) is 0 Å². The molecule has 0 spiro atoms. The van der Waals surface area contributed by atoms with Crippen molar-refractivity contribution in [3.63, 3.8) is 0 Å². The standard InChI is InChI=1S/C25H47NO3S/c1-21-14-9-7-5-4-6-8-11-17-25(3,18-13-15-21)29-24(28)16-10-12-19-26-23(27)20-22(2)30/h21-22,30H,4-20H2,1-3H3,(H,26,27). The van der Waals surface area contributed by atoms with Crippen LogP contribution in [-0.2, 0) is 14.3 Å². The Kier molecular flexibility index (Phi) is 14.6. The van der Waals surface area contributed by atoms with Crippen molar-refractivity contribution in [2.24, 2.45) is 5.92 Å². The van der Waals surface area contributed by atoms with E-state index in [0.717, 1.165) is 44.4 Å². The molecule has 30 heavy (non-hydrogen) atoms. The predicted molar refractivity (Wildman–Crippen MR) is 129 cm³/mol. The first-order chi connectivity index (χ1) is 14.3. The Morgan fingerprint density at radius 2 is 1.60 bits per heavy atom. The fourth-order valence-corrected chi connectivity index (χ4v) is 4.53. The third kappa shape index (κ3) is 14.3.